The topological polar surface area (TPSA) is 64.4 Å². The van der Waals surface area contributed by atoms with E-state index in [4.69, 9.17) is 10.5 Å². The van der Waals surface area contributed by atoms with Crippen LogP contribution in [0.15, 0.2) is 24.3 Å². The largest absolute Gasteiger partial charge is 0.371 e. The Balaban J connectivity index is 1.94. The summed E-state index contributed by atoms with van der Waals surface area (Å²) in [4.78, 5) is 10.9. The Kier molecular flexibility index (Phi) is 2.99. The lowest BCUT2D eigenvalue weighted by molar-refractivity contribution is 0.00757. The van der Waals surface area contributed by atoms with Crippen molar-refractivity contribution in [2.75, 3.05) is 13.1 Å². The van der Waals surface area contributed by atoms with Gasteiger partial charge in [0.2, 0.25) is 5.91 Å². The number of ether oxygens (including phenoxy) is 1. The zero-order valence-electron chi connectivity index (χ0n) is 8.40. The van der Waals surface area contributed by atoms with Crippen LogP contribution in [0.3, 0.4) is 0 Å². The molecule has 0 aliphatic carbocycles. The summed E-state index contributed by atoms with van der Waals surface area (Å²) in [5, 5.41) is 3.13. The summed E-state index contributed by atoms with van der Waals surface area (Å²) in [5.41, 5.74) is 6.70. The molecule has 1 fully saturated rings. The molecule has 1 aliphatic heterocycles. The number of nitrogens with one attached hydrogen (secondary N) is 1. The van der Waals surface area contributed by atoms with E-state index in [1.165, 1.54) is 0 Å². The average molecular weight is 206 g/mol. The summed E-state index contributed by atoms with van der Waals surface area (Å²) < 4.78 is 5.58. The molecule has 3 N–H and O–H groups in total. The second kappa shape index (κ2) is 4.42. The van der Waals surface area contributed by atoms with Crippen LogP contribution < -0.4 is 11.1 Å². The van der Waals surface area contributed by atoms with Gasteiger partial charge in [0.15, 0.2) is 0 Å². The zero-order chi connectivity index (χ0) is 10.7. The average Bonchev–Trinajstić information content (AvgIpc) is 2.16. The van der Waals surface area contributed by atoms with E-state index >= 15 is 0 Å². The molecule has 4 nitrogen and oxygen atoms in total. The first-order chi connectivity index (χ1) is 7.25. The Hall–Kier alpha value is -1.39. The van der Waals surface area contributed by atoms with Crippen molar-refractivity contribution in [2.45, 2.75) is 12.7 Å². The molecule has 1 amide bonds. The lowest BCUT2D eigenvalue weighted by Gasteiger charge is -2.27. The summed E-state index contributed by atoms with van der Waals surface area (Å²) in [7, 11) is 0. The van der Waals surface area contributed by atoms with Crippen LogP contribution in [0.2, 0.25) is 0 Å². The lowest BCUT2D eigenvalue weighted by Crippen LogP contribution is -2.48. The number of rotatable bonds is 4. The van der Waals surface area contributed by atoms with Gasteiger partial charge in [0, 0.05) is 18.7 Å². The highest BCUT2D eigenvalue weighted by Gasteiger charge is 2.16. The van der Waals surface area contributed by atoms with Crippen LogP contribution in [0.5, 0.6) is 0 Å². The molecular formula is C11H14N2O2. The van der Waals surface area contributed by atoms with Gasteiger partial charge in [-0.1, -0.05) is 12.1 Å². The summed E-state index contributed by atoms with van der Waals surface area (Å²) >= 11 is 0. The molecule has 0 spiro atoms. The zero-order valence-corrected chi connectivity index (χ0v) is 8.40. The molecule has 15 heavy (non-hydrogen) atoms. The van der Waals surface area contributed by atoms with Gasteiger partial charge in [-0.3, -0.25) is 4.79 Å². The third kappa shape index (κ3) is 2.55. The molecule has 0 unspecified atom stereocenters. The summed E-state index contributed by atoms with van der Waals surface area (Å²) in [6.07, 6.45) is 0.308. The number of hydrogen-bond donors (Lipinski definition) is 2. The number of amides is 1. The van der Waals surface area contributed by atoms with Crippen LogP contribution in [0.4, 0.5) is 0 Å². The Labute approximate surface area is 88.4 Å². The van der Waals surface area contributed by atoms with Gasteiger partial charge in [0.1, 0.15) is 0 Å². The van der Waals surface area contributed by atoms with Crippen LogP contribution >= 0.6 is 0 Å². The standard InChI is InChI=1S/C11H14N2O2/c12-11(14)9-3-1-2-8(4-9)7-15-10-5-13-6-10/h1-4,10,13H,5-7H2,(H2,12,14). The summed E-state index contributed by atoms with van der Waals surface area (Å²) in [6, 6.07) is 7.22. The molecule has 0 atom stereocenters. The SMILES string of the molecule is NC(=O)c1cccc(COC2CNC2)c1. The van der Waals surface area contributed by atoms with Crippen LogP contribution in [0.25, 0.3) is 0 Å². The number of carbonyl (C=O) groups is 1. The first kappa shape index (κ1) is 10.1. The van der Waals surface area contributed by atoms with Crippen molar-refractivity contribution in [2.24, 2.45) is 5.73 Å². The van der Waals surface area contributed by atoms with E-state index in [-0.39, 0.29) is 0 Å². The second-order valence-electron chi connectivity index (χ2n) is 3.66. The number of hydrogen-bond acceptors (Lipinski definition) is 3. The van der Waals surface area contributed by atoms with Crippen LogP contribution in [-0.4, -0.2) is 25.1 Å². The lowest BCUT2D eigenvalue weighted by atomic mass is 10.1. The van der Waals surface area contributed by atoms with E-state index in [0.29, 0.717) is 18.3 Å². The molecule has 1 saturated heterocycles. The monoisotopic (exact) mass is 206 g/mol. The third-order valence-electron chi connectivity index (χ3n) is 2.44. The van der Waals surface area contributed by atoms with E-state index in [1.54, 1.807) is 12.1 Å². The first-order valence-corrected chi connectivity index (χ1v) is 4.97. The van der Waals surface area contributed by atoms with Crippen molar-refractivity contribution < 1.29 is 9.53 Å². The van der Waals surface area contributed by atoms with Gasteiger partial charge >= 0.3 is 0 Å². The fourth-order valence-corrected chi connectivity index (χ4v) is 1.41. The Bertz CT molecular complexity index is 361. The van der Waals surface area contributed by atoms with E-state index in [1.807, 2.05) is 12.1 Å². The Morgan fingerprint density at radius 3 is 2.93 bits per heavy atom. The van der Waals surface area contributed by atoms with Gasteiger partial charge < -0.3 is 15.8 Å². The molecule has 0 aromatic heterocycles. The highest BCUT2D eigenvalue weighted by atomic mass is 16.5. The molecular weight excluding hydrogens is 192 g/mol. The van der Waals surface area contributed by atoms with E-state index in [9.17, 15) is 4.79 Å². The molecule has 4 heteroatoms. The molecule has 0 saturated carbocycles. The molecule has 2 rings (SSSR count). The number of primary amides is 1. The predicted molar refractivity (Wildman–Crippen MR) is 56.4 cm³/mol. The quantitative estimate of drug-likeness (QED) is 0.743. The normalized spacial score (nSPS) is 16.0. The van der Waals surface area contributed by atoms with Crippen molar-refractivity contribution >= 4 is 5.91 Å². The summed E-state index contributed by atoms with van der Waals surface area (Å²) in [6.45, 7) is 2.36. The summed E-state index contributed by atoms with van der Waals surface area (Å²) in [5.74, 6) is -0.401. The van der Waals surface area contributed by atoms with Gasteiger partial charge in [0.25, 0.3) is 0 Å². The fraction of sp³-hybridized carbons (Fsp3) is 0.364. The minimum atomic E-state index is -0.401. The number of nitrogens with two attached hydrogens (primary N) is 1. The van der Waals surface area contributed by atoms with Gasteiger partial charge in [-0.2, -0.15) is 0 Å². The third-order valence-corrected chi connectivity index (χ3v) is 2.44. The fourth-order valence-electron chi connectivity index (χ4n) is 1.41. The highest BCUT2D eigenvalue weighted by molar-refractivity contribution is 5.92. The number of benzene rings is 1. The van der Waals surface area contributed by atoms with E-state index < -0.39 is 5.91 Å². The molecule has 1 aromatic rings. The maximum Gasteiger partial charge on any atom is 0.248 e. The first-order valence-electron chi connectivity index (χ1n) is 4.97. The van der Waals surface area contributed by atoms with Crippen LogP contribution in [0.1, 0.15) is 15.9 Å². The minimum Gasteiger partial charge on any atom is -0.371 e. The van der Waals surface area contributed by atoms with Gasteiger partial charge in [-0.15, -0.1) is 0 Å². The van der Waals surface area contributed by atoms with E-state index in [2.05, 4.69) is 5.32 Å². The van der Waals surface area contributed by atoms with Gasteiger partial charge in [0.05, 0.1) is 12.7 Å². The highest BCUT2D eigenvalue weighted by Crippen LogP contribution is 2.08. The molecule has 80 valence electrons. The molecule has 0 radical (unpaired) electrons. The predicted octanol–water partition coefficient (Wildman–Crippen LogP) is 0.274. The molecule has 1 heterocycles. The number of carbonyl (C=O) groups excluding carboxylic acids is 1. The van der Waals surface area contributed by atoms with Crippen molar-refractivity contribution in [1.82, 2.24) is 5.32 Å². The molecule has 1 aromatic carbocycles. The maximum atomic E-state index is 10.9. The van der Waals surface area contributed by atoms with Crippen molar-refractivity contribution in [1.29, 1.82) is 0 Å². The van der Waals surface area contributed by atoms with Gasteiger partial charge in [-0.05, 0) is 17.7 Å². The molecule has 1 aliphatic rings. The van der Waals surface area contributed by atoms with E-state index in [0.717, 1.165) is 18.7 Å². The van der Waals surface area contributed by atoms with Crippen molar-refractivity contribution in [3.05, 3.63) is 35.4 Å². The van der Waals surface area contributed by atoms with Crippen LogP contribution in [0, 0.1) is 0 Å². The maximum absolute atomic E-state index is 10.9. The van der Waals surface area contributed by atoms with Crippen molar-refractivity contribution in [3.63, 3.8) is 0 Å². The van der Waals surface area contributed by atoms with Gasteiger partial charge in [-0.25, -0.2) is 0 Å². The Morgan fingerprint density at radius 2 is 2.33 bits per heavy atom. The van der Waals surface area contributed by atoms with Crippen molar-refractivity contribution in [3.8, 4) is 0 Å². The second-order valence-corrected chi connectivity index (χ2v) is 3.66. The smallest absolute Gasteiger partial charge is 0.248 e. The molecule has 0 bridgehead atoms. The van der Waals surface area contributed by atoms with Crippen LogP contribution in [-0.2, 0) is 11.3 Å². The Morgan fingerprint density at radius 1 is 1.53 bits per heavy atom. The minimum absolute atomic E-state index is 0.308.